The van der Waals surface area contributed by atoms with Gasteiger partial charge in [-0.2, -0.15) is 0 Å². The minimum atomic E-state index is -0.502. The maximum atomic E-state index is 11.6. The highest BCUT2D eigenvalue weighted by atomic mass is 16.5. The van der Waals surface area contributed by atoms with Crippen LogP contribution in [-0.2, 0) is 19.1 Å². The maximum absolute atomic E-state index is 11.6. The van der Waals surface area contributed by atoms with Gasteiger partial charge in [0.05, 0.1) is 13.0 Å². The Hall–Kier alpha value is -1.71. The highest BCUT2D eigenvalue weighted by Gasteiger charge is 2.19. The van der Waals surface area contributed by atoms with E-state index >= 15 is 0 Å². The Morgan fingerprint density at radius 2 is 2.06 bits per heavy atom. The molecule has 0 spiro atoms. The molecule has 92 valence electrons. The molecule has 4 nitrogen and oxygen atoms in total. The van der Waals surface area contributed by atoms with Crippen LogP contribution in [0.15, 0.2) is 24.3 Å². The summed E-state index contributed by atoms with van der Waals surface area (Å²) in [6, 6.07) is 0. The first-order valence-electron chi connectivity index (χ1n) is 5.54. The number of allylic oxidation sites excluding steroid dienone is 3. The molecule has 0 saturated heterocycles. The molecule has 0 N–H and O–H groups in total. The van der Waals surface area contributed by atoms with Crippen LogP contribution in [0.2, 0.25) is 0 Å². The molecule has 4 heteroatoms. The summed E-state index contributed by atoms with van der Waals surface area (Å²) in [6.07, 6.45) is 6.58. The van der Waals surface area contributed by atoms with Crippen LogP contribution in [0.1, 0.15) is 19.8 Å². The zero-order valence-electron chi connectivity index (χ0n) is 10.0. The molecule has 1 aliphatic carbocycles. The van der Waals surface area contributed by atoms with E-state index in [0.29, 0.717) is 6.42 Å². The van der Waals surface area contributed by atoms with Crippen LogP contribution in [-0.4, -0.2) is 24.6 Å². The second kappa shape index (κ2) is 6.13. The number of methoxy groups -OCH3 is 1. The summed E-state index contributed by atoms with van der Waals surface area (Å²) >= 11 is 0. The summed E-state index contributed by atoms with van der Waals surface area (Å²) in [5.74, 6) is -1.48. The number of esters is 1. The molecule has 0 aromatic rings. The molecule has 2 atom stereocenters. The lowest BCUT2D eigenvalue weighted by Crippen LogP contribution is -2.17. The number of rotatable bonds is 1. The lowest BCUT2D eigenvalue weighted by atomic mass is 9.95. The first-order chi connectivity index (χ1) is 8.04. The van der Waals surface area contributed by atoms with E-state index in [1.807, 2.05) is 0 Å². The zero-order valence-corrected chi connectivity index (χ0v) is 10.0. The van der Waals surface area contributed by atoms with Crippen molar-refractivity contribution in [2.75, 3.05) is 7.11 Å². The van der Waals surface area contributed by atoms with Gasteiger partial charge >= 0.3 is 5.97 Å². The van der Waals surface area contributed by atoms with Crippen LogP contribution in [0.5, 0.6) is 0 Å². The van der Waals surface area contributed by atoms with Gasteiger partial charge in [-0.3, -0.25) is 14.4 Å². The Morgan fingerprint density at radius 3 is 2.71 bits per heavy atom. The first-order valence-corrected chi connectivity index (χ1v) is 5.54. The van der Waals surface area contributed by atoms with Crippen LogP contribution in [0.3, 0.4) is 0 Å². The lowest BCUT2D eigenvalue weighted by molar-refractivity contribution is -0.143. The van der Waals surface area contributed by atoms with E-state index in [4.69, 9.17) is 0 Å². The monoisotopic (exact) mass is 236 g/mol. The van der Waals surface area contributed by atoms with Gasteiger partial charge in [-0.15, -0.1) is 0 Å². The fraction of sp³-hybridized carbons (Fsp3) is 0.462. The van der Waals surface area contributed by atoms with Gasteiger partial charge in [0.15, 0.2) is 11.6 Å². The van der Waals surface area contributed by atoms with E-state index in [9.17, 15) is 14.4 Å². The van der Waals surface area contributed by atoms with Crippen LogP contribution >= 0.6 is 0 Å². The van der Waals surface area contributed by atoms with Gasteiger partial charge in [-0.1, -0.05) is 19.1 Å². The number of hydrogen-bond acceptors (Lipinski definition) is 4. The van der Waals surface area contributed by atoms with E-state index in [1.54, 1.807) is 19.1 Å². The Bertz CT molecular complexity index is 379. The van der Waals surface area contributed by atoms with Gasteiger partial charge in [0, 0.05) is 12.3 Å². The van der Waals surface area contributed by atoms with Crippen molar-refractivity contribution in [1.82, 2.24) is 0 Å². The Labute approximate surface area is 100 Å². The van der Waals surface area contributed by atoms with E-state index in [0.717, 1.165) is 0 Å². The molecular formula is C13H16O4. The molecule has 0 heterocycles. The molecule has 0 fully saturated rings. The quantitative estimate of drug-likeness (QED) is 0.647. The third kappa shape index (κ3) is 3.98. The number of ketones is 2. The van der Waals surface area contributed by atoms with Crippen molar-refractivity contribution < 1.29 is 19.1 Å². The second-order valence-electron chi connectivity index (χ2n) is 4.10. The summed E-state index contributed by atoms with van der Waals surface area (Å²) in [7, 11) is 1.30. The average Bonchev–Trinajstić information content (AvgIpc) is 2.31. The van der Waals surface area contributed by atoms with Gasteiger partial charge < -0.3 is 4.74 Å². The molecule has 0 amide bonds. The van der Waals surface area contributed by atoms with Gasteiger partial charge in [-0.25, -0.2) is 0 Å². The smallest absolute Gasteiger partial charge is 0.312 e. The largest absolute Gasteiger partial charge is 0.469 e. The summed E-state index contributed by atoms with van der Waals surface area (Å²) in [5.41, 5.74) is 0. The highest BCUT2D eigenvalue weighted by molar-refractivity contribution is 5.98. The summed E-state index contributed by atoms with van der Waals surface area (Å²) in [5, 5.41) is 0. The third-order valence-electron chi connectivity index (χ3n) is 2.68. The van der Waals surface area contributed by atoms with Crippen LogP contribution < -0.4 is 0 Å². The van der Waals surface area contributed by atoms with Gasteiger partial charge in [0.1, 0.15) is 0 Å². The summed E-state index contributed by atoms with van der Waals surface area (Å²) in [4.78, 5) is 34.4. The van der Waals surface area contributed by atoms with Crippen LogP contribution in [0.4, 0.5) is 0 Å². The van der Waals surface area contributed by atoms with Gasteiger partial charge in [0.25, 0.3) is 0 Å². The molecule has 0 radical (unpaired) electrons. The fourth-order valence-corrected chi connectivity index (χ4v) is 1.60. The van der Waals surface area contributed by atoms with Gasteiger partial charge in [-0.05, 0) is 18.6 Å². The molecule has 17 heavy (non-hydrogen) atoms. The van der Waals surface area contributed by atoms with Crippen molar-refractivity contribution in [1.29, 1.82) is 0 Å². The van der Waals surface area contributed by atoms with Crippen LogP contribution in [0, 0.1) is 11.8 Å². The van der Waals surface area contributed by atoms with Crippen molar-refractivity contribution >= 4 is 17.5 Å². The maximum Gasteiger partial charge on any atom is 0.312 e. The molecule has 0 aromatic carbocycles. The molecule has 0 aromatic heterocycles. The minimum Gasteiger partial charge on any atom is -0.469 e. The molecule has 2 unspecified atom stereocenters. The van der Waals surface area contributed by atoms with Crippen molar-refractivity contribution in [2.45, 2.75) is 19.8 Å². The van der Waals surface area contributed by atoms with Crippen molar-refractivity contribution in [3.63, 3.8) is 0 Å². The topological polar surface area (TPSA) is 60.4 Å². The highest BCUT2D eigenvalue weighted by Crippen LogP contribution is 2.14. The number of ether oxygens (including phenoxy) is 1. The Kier molecular flexibility index (Phi) is 4.82. The Balaban J connectivity index is 2.89. The third-order valence-corrected chi connectivity index (χ3v) is 2.68. The predicted molar refractivity (Wildman–Crippen MR) is 62.2 cm³/mol. The van der Waals surface area contributed by atoms with E-state index in [-0.39, 0.29) is 23.9 Å². The van der Waals surface area contributed by atoms with E-state index in [1.165, 1.54) is 19.3 Å². The van der Waals surface area contributed by atoms with E-state index < -0.39 is 11.9 Å². The lowest BCUT2D eigenvalue weighted by Gasteiger charge is -2.10. The van der Waals surface area contributed by atoms with Crippen molar-refractivity contribution in [3.05, 3.63) is 24.3 Å². The number of hydrogen-bond donors (Lipinski definition) is 0. The number of carbonyl (C=O) groups excluding carboxylic acids is 3. The van der Waals surface area contributed by atoms with Crippen molar-refractivity contribution in [3.8, 4) is 0 Å². The molecule has 0 aliphatic heterocycles. The molecule has 0 bridgehead atoms. The second-order valence-corrected chi connectivity index (χ2v) is 4.10. The zero-order chi connectivity index (χ0) is 12.8. The molecule has 1 rings (SSSR count). The SMILES string of the molecule is COC(=O)C1/C=C/C(=O)C(C)CC(=O)/C=C/C1. The predicted octanol–water partition coefficient (Wildman–Crippen LogP) is 1.46. The molecule has 0 saturated carbocycles. The summed E-state index contributed by atoms with van der Waals surface area (Å²) in [6.45, 7) is 1.70. The standard InChI is InChI=1S/C13H16O4/c1-9-8-11(14)5-3-4-10(13(16)17-2)6-7-12(9)15/h3,5-7,9-10H,4,8H2,1-2H3/b5-3+,7-6+. The number of carbonyl (C=O) groups is 3. The summed E-state index contributed by atoms with van der Waals surface area (Å²) < 4.78 is 4.63. The minimum absolute atomic E-state index is 0.0928. The Morgan fingerprint density at radius 1 is 1.35 bits per heavy atom. The average molecular weight is 236 g/mol. The van der Waals surface area contributed by atoms with Crippen LogP contribution in [0.25, 0.3) is 0 Å². The molecule has 1 aliphatic rings. The normalized spacial score (nSPS) is 29.5. The fourth-order valence-electron chi connectivity index (χ4n) is 1.60. The van der Waals surface area contributed by atoms with Crippen molar-refractivity contribution in [2.24, 2.45) is 11.8 Å². The molecular weight excluding hydrogens is 220 g/mol. The first kappa shape index (κ1) is 13.4. The van der Waals surface area contributed by atoms with E-state index in [2.05, 4.69) is 4.74 Å². The van der Waals surface area contributed by atoms with Gasteiger partial charge in [0.2, 0.25) is 0 Å².